The molecule has 0 radical (unpaired) electrons. The first-order valence-electron chi connectivity index (χ1n) is 4.57. The molecule has 62 valence electrons. The summed E-state index contributed by atoms with van der Waals surface area (Å²) in [6.45, 7) is 9.35. The SMILES string of the molecule is CCCC[SiH2]N(CC)CC. The predicted octanol–water partition coefficient (Wildman–Crippen LogP) is 1.63. The van der Waals surface area contributed by atoms with Gasteiger partial charge in [-0.15, -0.1) is 0 Å². The van der Waals surface area contributed by atoms with Crippen LogP contribution in [0.2, 0.25) is 6.04 Å². The molecule has 0 saturated heterocycles. The van der Waals surface area contributed by atoms with Crippen LogP contribution in [0.3, 0.4) is 0 Å². The minimum atomic E-state index is 0.148. The highest BCUT2D eigenvalue weighted by atomic mass is 28.2. The predicted molar refractivity (Wildman–Crippen MR) is 51.2 cm³/mol. The van der Waals surface area contributed by atoms with E-state index < -0.39 is 0 Å². The highest BCUT2D eigenvalue weighted by Crippen LogP contribution is 1.96. The summed E-state index contributed by atoms with van der Waals surface area (Å²) in [4.78, 5) is 0. The van der Waals surface area contributed by atoms with Crippen LogP contribution in [-0.2, 0) is 0 Å². The molecule has 0 N–H and O–H groups in total. The van der Waals surface area contributed by atoms with Gasteiger partial charge in [0.2, 0.25) is 0 Å². The topological polar surface area (TPSA) is 3.24 Å². The lowest BCUT2D eigenvalue weighted by molar-refractivity contribution is 0.490. The molecule has 0 aliphatic heterocycles. The van der Waals surface area contributed by atoms with E-state index >= 15 is 0 Å². The Labute approximate surface area is 67.7 Å². The summed E-state index contributed by atoms with van der Waals surface area (Å²) in [5.41, 5.74) is 0. The molecule has 0 rings (SSSR count). The van der Waals surface area contributed by atoms with E-state index in [-0.39, 0.29) is 9.68 Å². The summed E-state index contributed by atoms with van der Waals surface area (Å²) >= 11 is 0. The van der Waals surface area contributed by atoms with Crippen molar-refractivity contribution in [3.05, 3.63) is 0 Å². The van der Waals surface area contributed by atoms with E-state index in [0.29, 0.717) is 0 Å². The second-order valence-corrected chi connectivity index (χ2v) is 4.78. The fourth-order valence-electron chi connectivity index (χ4n) is 1.13. The number of hydrogen-bond acceptors (Lipinski definition) is 1. The lowest BCUT2D eigenvalue weighted by atomic mass is 10.4. The third-order valence-electron chi connectivity index (χ3n) is 1.97. The lowest BCUT2D eigenvalue weighted by Crippen LogP contribution is -2.26. The molecule has 0 aliphatic carbocycles. The minimum Gasteiger partial charge on any atom is -0.330 e. The molecule has 0 heterocycles. The van der Waals surface area contributed by atoms with Crippen molar-refractivity contribution < 1.29 is 0 Å². The van der Waals surface area contributed by atoms with Crippen molar-refractivity contribution in [1.29, 1.82) is 0 Å². The van der Waals surface area contributed by atoms with Gasteiger partial charge in [-0.3, -0.25) is 0 Å². The summed E-state index contributed by atoms with van der Waals surface area (Å²) in [6.07, 6.45) is 2.82. The van der Waals surface area contributed by atoms with Gasteiger partial charge in [0.05, 0.1) is 9.68 Å². The van der Waals surface area contributed by atoms with Gasteiger partial charge in [0.25, 0.3) is 0 Å². The van der Waals surface area contributed by atoms with Gasteiger partial charge in [-0.2, -0.15) is 0 Å². The Kier molecular flexibility index (Phi) is 7.41. The van der Waals surface area contributed by atoms with Crippen molar-refractivity contribution >= 4 is 9.68 Å². The van der Waals surface area contributed by atoms with Gasteiger partial charge in [0.15, 0.2) is 0 Å². The third-order valence-corrected chi connectivity index (χ3v) is 4.32. The van der Waals surface area contributed by atoms with E-state index in [0.717, 1.165) is 0 Å². The van der Waals surface area contributed by atoms with Crippen molar-refractivity contribution in [2.24, 2.45) is 0 Å². The maximum absolute atomic E-state index is 2.62. The van der Waals surface area contributed by atoms with Gasteiger partial charge >= 0.3 is 0 Å². The van der Waals surface area contributed by atoms with E-state index in [2.05, 4.69) is 25.3 Å². The van der Waals surface area contributed by atoms with E-state index in [1.54, 1.807) is 0 Å². The Bertz CT molecular complexity index is 62.3. The molecule has 1 nitrogen and oxygen atoms in total. The number of unbranched alkanes of at least 4 members (excludes halogenated alkanes) is 1. The van der Waals surface area contributed by atoms with Crippen LogP contribution in [0.25, 0.3) is 0 Å². The van der Waals surface area contributed by atoms with E-state index in [4.69, 9.17) is 0 Å². The second kappa shape index (κ2) is 7.29. The summed E-state index contributed by atoms with van der Waals surface area (Å²) in [5, 5.41) is 0. The number of nitrogens with zero attached hydrogens (tertiary/aromatic N) is 1. The molecule has 0 aromatic rings. The minimum absolute atomic E-state index is 0.148. The van der Waals surface area contributed by atoms with Crippen molar-refractivity contribution in [3.63, 3.8) is 0 Å². The van der Waals surface area contributed by atoms with Crippen LogP contribution in [0.1, 0.15) is 33.6 Å². The molecule has 0 aliphatic rings. The van der Waals surface area contributed by atoms with Crippen molar-refractivity contribution in [3.8, 4) is 0 Å². The molecule has 10 heavy (non-hydrogen) atoms. The fraction of sp³-hybridized carbons (Fsp3) is 1.00. The zero-order chi connectivity index (χ0) is 7.82. The Balaban J connectivity index is 3.09. The molecule has 2 heteroatoms. The average molecular weight is 159 g/mol. The van der Waals surface area contributed by atoms with Crippen molar-refractivity contribution in [2.75, 3.05) is 13.1 Å². The first-order chi connectivity index (χ1) is 4.85. The van der Waals surface area contributed by atoms with E-state index in [1.807, 2.05) is 0 Å². The van der Waals surface area contributed by atoms with Gasteiger partial charge in [-0.05, 0) is 19.1 Å². The molecule has 0 bridgehead atoms. The Morgan fingerprint density at radius 1 is 1.10 bits per heavy atom. The van der Waals surface area contributed by atoms with Gasteiger partial charge in [0, 0.05) is 0 Å². The van der Waals surface area contributed by atoms with Crippen LogP contribution >= 0.6 is 0 Å². The summed E-state index contributed by atoms with van der Waals surface area (Å²) < 4.78 is 2.62. The van der Waals surface area contributed by atoms with E-state index in [9.17, 15) is 0 Å². The molecule has 0 unspecified atom stereocenters. The zero-order valence-electron chi connectivity index (χ0n) is 7.69. The number of hydrogen-bond donors (Lipinski definition) is 0. The first kappa shape index (κ1) is 10.2. The molecular weight excluding hydrogens is 138 g/mol. The molecule has 0 aromatic carbocycles. The highest BCUT2D eigenvalue weighted by molar-refractivity contribution is 6.31. The summed E-state index contributed by atoms with van der Waals surface area (Å²) in [6, 6.07) is 1.51. The van der Waals surface area contributed by atoms with Crippen LogP contribution in [0.5, 0.6) is 0 Å². The molecule has 0 saturated carbocycles. The summed E-state index contributed by atoms with van der Waals surface area (Å²) in [7, 11) is 0.148. The van der Waals surface area contributed by atoms with Crippen LogP contribution in [0, 0.1) is 0 Å². The molecule has 0 spiro atoms. The quantitative estimate of drug-likeness (QED) is 0.420. The van der Waals surface area contributed by atoms with E-state index in [1.165, 1.54) is 32.0 Å². The Morgan fingerprint density at radius 3 is 2.10 bits per heavy atom. The van der Waals surface area contributed by atoms with Crippen LogP contribution < -0.4 is 0 Å². The Morgan fingerprint density at radius 2 is 1.70 bits per heavy atom. The van der Waals surface area contributed by atoms with Gasteiger partial charge in [0.1, 0.15) is 0 Å². The van der Waals surface area contributed by atoms with Crippen molar-refractivity contribution in [1.82, 2.24) is 4.57 Å². The molecule has 0 atom stereocenters. The number of rotatable bonds is 6. The molecule has 0 fully saturated rings. The van der Waals surface area contributed by atoms with Gasteiger partial charge in [-0.25, -0.2) is 0 Å². The third kappa shape index (κ3) is 5.00. The van der Waals surface area contributed by atoms with Crippen molar-refractivity contribution in [2.45, 2.75) is 39.7 Å². The normalized spacial score (nSPS) is 12.0. The van der Waals surface area contributed by atoms with Crippen LogP contribution in [-0.4, -0.2) is 27.3 Å². The smallest absolute Gasteiger partial charge is 0.0950 e. The lowest BCUT2D eigenvalue weighted by Gasteiger charge is -2.16. The highest BCUT2D eigenvalue weighted by Gasteiger charge is 1.96. The van der Waals surface area contributed by atoms with Gasteiger partial charge < -0.3 is 4.57 Å². The monoisotopic (exact) mass is 159 g/mol. The molecule has 0 aromatic heterocycles. The Hall–Kier alpha value is 0.177. The maximum atomic E-state index is 2.62. The largest absolute Gasteiger partial charge is 0.330 e. The van der Waals surface area contributed by atoms with Crippen LogP contribution in [0.4, 0.5) is 0 Å². The average Bonchev–Trinajstić information content (AvgIpc) is 1.99. The van der Waals surface area contributed by atoms with Gasteiger partial charge in [-0.1, -0.05) is 33.6 Å². The standard InChI is InChI=1S/C8H21NSi/c1-4-7-8-10-9(5-2)6-3/h4-8,10H2,1-3H3. The molecular formula is C8H21NSi. The zero-order valence-corrected chi connectivity index (χ0v) is 9.10. The second-order valence-electron chi connectivity index (χ2n) is 2.73. The maximum Gasteiger partial charge on any atom is 0.0950 e. The van der Waals surface area contributed by atoms with Crippen LogP contribution in [0.15, 0.2) is 0 Å². The fourth-order valence-corrected chi connectivity index (χ4v) is 2.93. The first-order valence-corrected chi connectivity index (χ1v) is 6.20. The summed E-state index contributed by atoms with van der Waals surface area (Å²) in [5.74, 6) is 0. The molecule has 0 amide bonds.